The zero-order valence-corrected chi connectivity index (χ0v) is 9.49. The average molecular weight is 231 g/mol. The van der Waals surface area contributed by atoms with Gasteiger partial charge in [0.25, 0.3) is 0 Å². The molecule has 0 bridgehead atoms. The van der Waals surface area contributed by atoms with Crippen molar-refractivity contribution in [2.75, 3.05) is 26.9 Å². The Morgan fingerprint density at radius 3 is 2.75 bits per heavy atom. The van der Waals surface area contributed by atoms with Crippen LogP contribution in [-0.4, -0.2) is 49.5 Å². The first kappa shape index (κ1) is 12.9. The quantitative estimate of drug-likeness (QED) is 0.674. The summed E-state index contributed by atoms with van der Waals surface area (Å²) in [5, 5.41) is 11.5. The fraction of sp³-hybridized carbons (Fsp3) is 0.800. The van der Waals surface area contributed by atoms with Crippen LogP contribution in [0, 0.1) is 5.92 Å². The summed E-state index contributed by atoms with van der Waals surface area (Å²) in [6, 6.07) is 0. The molecule has 0 saturated carbocycles. The van der Waals surface area contributed by atoms with Crippen LogP contribution in [-0.2, 0) is 19.1 Å². The summed E-state index contributed by atoms with van der Waals surface area (Å²) in [6.07, 6.45) is 0.633. The number of carboxylic acids is 1. The van der Waals surface area contributed by atoms with Gasteiger partial charge < -0.3 is 19.9 Å². The molecule has 2 unspecified atom stereocenters. The van der Waals surface area contributed by atoms with Crippen molar-refractivity contribution in [3.05, 3.63) is 0 Å². The van der Waals surface area contributed by atoms with Crippen molar-refractivity contribution in [1.82, 2.24) is 5.32 Å². The van der Waals surface area contributed by atoms with Gasteiger partial charge in [0, 0.05) is 13.7 Å². The molecule has 92 valence electrons. The monoisotopic (exact) mass is 231 g/mol. The molecule has 6 heteroatoms. The molecule has 1 amide bonds. The maximum absolute atomic E-state index is 11.7. The first-order chi connectivity index (χ1) is 7.49. The lowest BCUT2D eigenvalue weighted by Crippen LogP contribution is -2.56. The van der Waals surface area contributed by atoms with E-state index in [1.165, 1.54) is 14.0 Å². The highest BCUT2D eigenvalue weighted by molar-refractivity contribution is 5.88. The summed E-state index contributed by atoms with van der Waals surface area (Å²) in [5.74, 6) is -1.66. The van der Waals surface area contributed by atoms with Crippen LogP contribution in [0.3, 0.4) is 0 Å². The van der Waals surface area contributed by atoms with E-state index in [1.54, 1.807) is 0 Å². The van der Waals surface area contributed by atoms with E-state index in [4.69, 9.17) is 14.6 Å². The van der Waals surface area contributed by atoms with Gasteiger partial charge in [-0.15, -0.1) is 0 Å². The van der Waals surface area contributed by atoms with Gasteiger partial charge in [-0.1, -0.05) is 0 Å². The van der Waals surface area contributed by atoms with Gasteiger partial charge >= 0.3 is 5.97 Å². The molecule has 1 aliphatic rings. The molecule has 2 atom stereocenters. The number of carboxylic acid groups (broad SMARTS) is 1. The van der Waals surface area contributed by atoms with Gasteiger partial charge in [0.2, 0.25) is 5.91 Å². The predicted octanol–water partition coefficient (Wildman–Crippen LogP) is -0.371. The van der Waals surface area contributed by atoms with Crippen molar-refractivity contribution < 1.29 is 24.2 Å². The zero-order chi connectivity index (χ0) is 12.2. The first-order valence-electron chi connectivity index (χ1n) is 5.11. The van der Waals surface area contributed by atoms with Gasteiger partial charge in [0.05, 0.1) is 19.1 Å². The van der Waals surface area contributed by atoms with Crippen LogP contribution >= 0.6 is 0 Å². The van der Waals surface area contributed by atoms with E-state index in [0.717, 1.165) is 0 Å². The Morgan fingerprint density at radius 1 is 1.62 bits per heavy atom. The summed E-state index contributed by atoms with van der Waals surface area (Å²) in [7, 11) is 1.39. The molecule has 6 nitrogen and oxygen atoms in total. The molecule has 1 fully saturated rings. The van der Waals surface area contributed by atoms with E-state index >= 15 is 0 Å². The van der Waals surface area contributed by atoms with Gasteiger partial charge in [-0.2, -0.15) is 0 Å². The molecule has 16 heavy (non-hydrogen) atoms. The number of carbonyl (C=O) groups excluding carboxylic acids is 1. The molecule has 0 aliphatic carbocycles. The highest BCUT2D eigenvalue weighted by atomic mass is 16.5. The molecule has 0 spiro atoms. The van der Waals surface area contributed by atoms with Gasteiger partial charge in [0.15, 0.2) is 5.54 Å². The number of amides is 1. The van der Waals surface area contributed by atoms with Crippen LogP contribution in [0.1, 0.15) is 13.3 Å². The molecule has 1 heterocycles. The predicted molar refractivity (Wildman–Crippen MR) is 55.0 cm³/mol. The van der Waals surface area contributed by atoms with Gasteiger partial charge in [-0.05, 0) is 13.3 Å². The number of hydrogen-bond donors (Lipinski definition) is 2. The minimum Gasteiger partial charge on any atom is -0.479 e. The average Bonchev–Trinajstić information content (AvgIpc) is 2.70. The third-order valence-electron chi connectivity index (χ3n) is 2.60. The Bertz CT molecular complexity index is 274. The fourth-order valence-corrected chi connectivity index (χ4v) is 1.56. The van der Waals surface area contributed by atoms with Crippen molar-refractivity contribution >= 4 is 11.9 Å². The van der Waals surface area contributed by atoms with E-state index < -0.39 is 11.5 Å². The van der Waals surface area contributed by atoms with E-state index in [9.17, 15) is 9.59 Å². The second kappa shape index (κ2) is 5.27. The molecule has 1 aliphatic heterocycles. The number of ether oxygens (including phenoxy) is 2. The molecule has 1 rings (SSSR count). The van der Waals surface area contributed by atoms with Gasteiger partial charge in [-0.25, -0.2) is 4.79 Å². The Balaban J connectivity index is 2.60. The van der Waals surface area contributed by atoms with Crippen molar-refractivity contribution in [3.8, 4) is 0 Å². The maximum atomic E-state index is 11.7. The second-order valence-corrected chi connectivity index (χ2v) is 4.12. The van der Waals surface area contributed by atoms with Crippen LogP contribution in [0.5, 0.6) is 0 Å². The van der Waals surface area contributed by atoms with Crippen LogP contribution < -0.4 is 5.32 Å². The fourth-order valence-electron chi connectivity index (χ4n) is 1.56. The minimum absolute atomic E-state index is 0.0678. The Kier molecular flexibility index (Phi) is 4.26. The topological polar surface area (TPSA) is 84.9 Å². The second-order valence-electron chi connectivity index (χ2n) is 4.12. The molecule has 2 N–H and O–H groups in total. The third-order valence-corrected chi connectivity index (χ3v) is 2.60. The normalized spacial score (nSPS) is 23.8. The number of nitrogens with one attached hydrogen (secondary N) is 1. The van der Waals surface area contributed by atoms with E-state index in [1.807, 2.05) is 0 Å². The Morgan fingerprint density at radius 2 is 2.31 bits per heavy atom. The van der Waals surface area contributed by atoms with E-state index in [2.05, 4.69) is 5.32 Å². The largest absolute Gasteiger partial charge is 0.479 e. The molecular formula is C10H17NO5. The van der Waals surface area contributed by atoms with Gasteiger partial charge in [-0.3, -0.25) is 4.79 Å². The molecule has 0 aromatic carbocycles. The maximum Gasteiger partial charge on any atom is 0.331 e. The smallest absolute Gasteiger partial charge is 0.331 e. The lowest BCUT2D eigenvalue weighted by Gasteiger charge is -2.26. The Hall–Kier alpha value is -1.14. The first-order valence-corrected chi connectivity index (χ1v) is 5.11. The van der Waals surface area contributed by atoms with E-state index in [0.29, 0.717) is 19.6 Å². The molecule has 0 radical (unpaired) electrons. The summed E-state index contributed by atoms with van der Waals surface area (Å²) in [5.41, 5.74) is -1.38. The SMILES string of the molecule is COCC(C)(NC(=O)C1CCOC1)C(=O)O. The van der Waals surface area contributed by atoms with Crippen molar-refractivity contribution in [3.63, 3.8) is 0 Å². The van der Waals surface area contributed by atoms with Crippen molar-refractivity contribution in [2.24, 2.45) is 5.92 Å². The molecular weight excluding hydrogens is 214 g/mol. The standard InChI is InChI=1S/C10H17NO5/c1-10(6-15-2,9(13)14)11-8(12)7-3-4-16-5-7/h7H,3-6H2,1-2H3,(H,11,12)(H,13,14). The summed E-state index contributed by atoms with van der Waals surface area (Å²) >= 11 is 0. The third kappa shape index (κ3) is 2.93. The number of rotatable bonds is 5. The zero-order valence-electron chi connectivity index (χ0n) is 9.49. The van der Waals surface area contributed by atoms with Crippen LogP contribution in [0.4, 0.5) is 0 Å². The lowest BCUT2D eigenvalue weighted by molar-refractivity contribution is -0.150. The highest BCUT2D eigenvalue weighted by Gasteiger charge is 2.37. The Labute approximate surface area is 93.9 Å². The summed E-state index contributed by atoms with van der Waals surface area (Å²) in [6.45, 7) is 2.26. The lowest BCUT2D eigenvalue weighted by atomic mass is 10.0. The molecule has 0 aromatic heterocycles. The van der Waals surface area contributed by atoms with Crippen LogP contribution in [0.2, 0.25) is 0 Å². The van der Waals surface area contributed by atoms with Crippen molar-refractivity contribution in [1.29, 1.82) is 0 Å². The van der Waals surface area contributed by atoms with Crippen molar-refractivity contribution in [2.45, 2.75) is 18.9 Å². The van der Waals surface area contributed by atoms with Gasteiger partial charge in [0.1, 0.15) is 0 Å². The number of aliphatic carboxylic acids is 1. The molecule has 0 aromatic rings. The highest BCUT2D eigenvalue weighted by Crippen LogP contribution is 2.14. The molecule has 1 saturated heterocycles. The van der Waals surface area contributed by atoms with Crippen LogP contribution in [0.25, 0.3) is 0 Å². The minimum atomic E-state index is -1.38. The van der Waals surface area contributed by atoms with E-state index in [-0.39, 0.29) is 18.4 Å². The number of methoxy groups -OCH3 is 1. The summed E-state index contributed by atoms with van der Waals surface area (Å²) < 4.78 is 9.88. The number of carbonyl (C=O) groups is 2. The number of hydrogen-bond acceptors (Lipinski definition) is 4. The summed E-state index contributed by atoms with van der Waals surface area (Å²) in [4.78, 5) is 22.8. The van der Waals surface area contributed by atoms with Crippen LogP contribution in [0.15, 0.2) is 0 Å².